The lowest BCUT2D eigenvalue weighted by atomic mass is 10.0. The minimum absolute atomic E-state index is 0.0737. The number of ether oxygens (including phenoxy) is 2. The highest BCUT2D eigenvalue weighted by Gasteiger charge is 2.26. The van der Waals surface area contributed by atoms with Gasteiger partial charge in [0, 0.05) is 0 Å². The highest BCUT2D eigenvalue weighted by atomic mass is 16.6. The van der Waals surface area contributed by atoms with E-state index in [4.69, 9.17) is 9.84 Å². The monoisotopic (exact) mass is 309 g/mol. The summed E-state index contributed by atoms with van der Waals surface area (Å²) in [5.74, 6) is -1.77. The second kappa shape index (κ2) is 6.93. The van der Waals surface area contributed by atoms with Crippen LogP contribution < -0.4 is 5.32 Å². The molecule has 0 aromatic heterocycles. The molecule has 1 rings (SSSR count). The number of carboxylic acids is 1. The molecule has 0 bridgehead atoms. The first kappa shape index (κ1) is 17.5. The predicted molar refractivity (Wildman–Crippen MR) is 77.5 cm³/mol. The fourth-order valence-electron chi connectivity index (χ4n) is 1.64. The molecule has 7 heteroatoms. The Labute approximate surface area is 128 Å². The number of hydrogen-bond donors (Lipinski definition) is 2. The zero-order valence-electron chi connectivity index (χ0n) is 12.9. The van der Waals surface area contributed by atoms with Crippen molar-refractivity contribution in [3.8, 4) is 0 Å². The van der Waals surface area contributed by atoms with Crippen molar-refractivity contribution >= 4 is 18.0 Å². The van der Waals surface area contributed by atoms with E-state index in [2.05, 4.69) is 10.1 Å². The molecule has 0 heterocycles. The summed E-state index contributed by atoms with van der Waals surface area (Å²) in [6.07, 6.45) is -0.773. The maximum Gasteiger partial charge on any atom is 0.408 e. The van der Waals surface area contributed by atoms with Gasteiger partial charge in [-0.2, -0.15) is 0 Å². The molecule has 0 aliphatic carbocycles. The van der Waals surface area contributed by atoms with Crippen molar-refractivity contribution in [2.45, 2.75) is 32.4 Å². The van der Waals surface area contributed by atoms with Crippen LogP contribution in [0.3, 0.4) is 0 Å². The Morgan fingerprint density at radius 3 is 2.09 bits per heavy atom. The van der Waals surface area contributed by atoms with E-state index in [1.807, 2.05) is 0 Å². The number of aromatic carboxylic acids is 1. The largest absolute Gasteiger partial charge is 0.478 e. The molecule has 0 fully saturated rings. The van der Waals surface area contributed by atoms with Crippen molar-refractivity contribution < 1.29 is 29.0 Å². The number of carbonyl (C=O) groups excluding carboxylic acids is 2. The van der Waals surface area contributed by atoms with Crippen molar-refractivity contribution in [1.29, 1.82) is 0 Å². The summed E-state index contributed by atoms with van der Waals surface area (Å²) in [6.45, 7) is 5.09. The standard InChI is InChI=1S/C15H19NO6/c1-15(2,3)22-14(20)16-11(13(19)21-4)9-5-7-10(8-6-9)12(17)18/h5-8,11H,1-4H3,(H,16,20)(H,17,18)/t11-/m1/s1. The highest BCUT2D eigenvalue weighted by Crippen LogP contribution is 2.17. The van der Waals surface area contributed by atoms with E-state index in [9.17, 15) is 14.4 Å². The van der Waals surface area contributed by atoms with Gasteiger partial charge in [0.05, 0.1) is 12.7 Å². The second-order valence-electron chi connectivity index (χ2n) is 5.53. The minimum atomic E-state index is -1.08. The molecule has 0 unspecified atom stereocenters. The third-order valence-electron chi connectivity index (χ3n) is 2.59. The van der Waals surface area contributed by atoms with Crippen molar-refractivity contribution in [3.63, 3.8) is 0 Å². The van der Waals surface area contributed by atoms with Gasteiger partial charge in [-0.25, -0.2) is 14.4 Å². The number of amides is 1. The molecule has 0 saturated heterocycles. The van der Waals surface area contributed by atoms with Gasteiger partial charge in [0.15, 0.2) is 6.04 Å². The molecular formula is C15H19NO6. The fraction of sp³-hybridized carbons (Fsp3) is 0.400. The summed E-state index contributed by atoms with van der Waals surface area (Å²) >= 11 is 0. The number of benzene rings is 1. The number of nitrogens with one attached hydrogen (secondary N) is 1. The molecule has 0 radical (unpaired) electrons. The number of rotatable bonds is 4. The molecule has 2 N–H and O–H groups in total. The summed E-state index contributed by atoms with van der Waals surface area (Å²) < 4.78 is 9.74. The van der Waals surface area contributed by atoms with E-state index in [0.29, 0.717) is 5.56 Å². The number of carbonyl (C=O) groups is 3. The molecule has 22 heavy (non-hydrogen) atoms. The average molecular weight is 309 g/mol. The fourth-order valence-corrected chi connectivity index (χ4v) is 1.64. The lowest BCUT2D eigenvalue weighted by Gasteiger charge is -2.22. The maximum atomic E-state index is 11.8. The Balaban J connectivity index is 2.96. The van der Waals surface area contributed by atoms with Crippen LogP contribution >= 0.6 is 0 Å². The summed E-state index contributed by atoms with van der Waals surface area (Å²) in [5, 5.41) is 11.3. The molecule has 120 valence electrons. The zero-order chi connectivity index (χ0) is 16.9. The first-order valence-corrected chi connectivity index (χ1v) is 6.54. The van der Waals surface area contributed by atoms with Gasteiger partial charge >= 0.3 is 18.0 Å². The van der Waals surface area contributed by atoms with Crippen LogP contribution in [0.4, 0.5) is 4.79 Å². The molecule has 1 aromatic carbocycles. The number of carboxylic acid groups (broad SMARTS) is 1. The molecule has 1 amide bonds. The number of hydrogen-bond acceptors (Lipinski definition) is 5. The van der Waals surface area contributed by atoms with Gasteiger partial charge in [-0.15, -0.1) is 0 Å². The van der Waals surface area contributed by atoms with Gasteiger partial charge in [-0.3, -0.25) is 0 Å². The topological polar surface area (TPSA) is 102 Å². The van der Waals surface area contributed by atoms with Crippen LogP contribution in [0.2, 0.25) is 0 Å². The van der Waals surface area contributed by atoms with Crippen LogP contribution in [0.15, 0.2) is 24.3 Å². The third kappa shape index (κ3) is 5.08. The molecule has 1 aromatic rings. The Morgan fingerprint density at radius 2 is 1.68 bits per heavy atom. The minimum Gasteiger partial charge on any atom is -0.478 e. The molecule has 0 spiro atoms. The van der Waals surface area contributed by atoms with Gasteiger partial charge in [0.2, 0.25) is 0 Å². The van der Waals surface area contributed by atoms with Crippen LogP contribution in [0.25, 0.3) is 0 Å². The van der Waals surface area contributed by atoms with Crippen molar-refractivity contribution in [2.75, 3.05) is 7.11 Å². The molecule has 1 atom stereocenters. The summed E-state index contributed by atoms with van der Waals surface area (Å²) in [5.41, 5.74) is -0.245. The van der Waals surface area contributed by atoms with Crippen molar-refractivity contribution in [1.82, 2.24) is 5.32 Å². The van der Waals surface area contributed by atoms with E-state index in [1.54, 1.807) is 20.8 Å². The van der Waals surface area contributed by atoms with Crippen LogP contribution in [0.5, 0.6) is 0 Å². The van der Waals surface area contributed by atoms with Crippen molar-refractivity contribution in [2.24, 2.45) is 0 Å². The van der Waals surface area contributed by atoms with E-state index >= 15 is 0 Å². The first-order chi connectivity index (χ1) is 10.1. The predicted octanol–water partition coefficient (Wildman–Crippen LogP) is 2.12. The Kier molecular flexibility index (Phi) is 5.50. The zero-order valence-corrected chi connectivity index (χ0v) is 12.9. The summed E-state index contributed by atoms with van der Waals surface area (Å²) in [6, 6.07) is 4.46. The van der Waals surface area contributed by atoms with Crippen LogP contribution in [0.1, 0.15) is 42.7 Å². The molecular weight excluding hydrogens is 290 g/mol. The van der Waals surface area contributed by atoms with E-state index in [0.717, 1.165) is 0 Å². The molecule has 0 aliphatic heterocycles. The lowest BCUT2D eigenvalue weighted by Crippen LogP contribution is -2.38. The van der Waals surface area contributed by atoms with Crippen LogP contribution in [-0.2, 0) is 14.3 Å². The second-order valence-corrected chi connectivity index (χ2v) is 5.53. The number of methoxy groups -OCH3 is 1. The van der Waals surface area contributed by atoms with Crippen LogP contribution in [-0.4, -0.2) is 35.8 Å². The van der Waals surface area contributed by atoms with Gasteiger partial charge in [-0.05, 0) is 38.5 Å². The van der Waals surface area contributed by atoms with Gasteiger partial charge in [0.1, 0.15) is 5.60 Å². The maximum absolute atomic E-state index is 11.8. The normalized spacial score (nSPS) is 12.2. The summed E-state index contributed by atoms with van der Waals surface area (Å²) in [7, 11) is 1.19. The molecule has 7 nitrogen and oxygen atoms in total. The third-order valence-corrected chi connectivity index (χ3v) is 2.59. The summed E-state index contributed by atoms with van der Waals surface area (Å²) in [4.78, 5) is 34.5. The Bertz CT molecular complexity index is 558. The number of esters is 1. The van der Waals surface area contributed by atoms with E-state index < -0.39 is 29.7 Å². The quantitative estimate of drug-likeness (QED) is 0.826. The number of alkyl carbamates (subject to hydrolysis) is 1. The Hall–Kier alpha value is -2.57. The average Bonchev–Trinajstić information content (AvgIpc) is 2.42. The van der Waals surface area contributed by atoms with Gasteiger partial charge in [0.25, 0.3) is 0 Å². The Morgan fingerprint density at radius 1 is 1.14 bits per heavy atom. The van der Waals surface area contributed by atoms with E-state index in [-0.39, 0.29) is 5.56 Å². The highest BCUT2D eigenvalue weighted by molar-refractivity contribution is 5.88. The molecule has 0 aliphatic rings. The molecule has 0 saturated carbocycles. The van der Waals surface area contributed by atoms with Gasteiger partial charge < -0.3 is 19.9 Å². The SMILES string of the molecule is COC(=O)[C@H](NC(=O)OC(C)(C)C)c1ccc(C(=O)O)cc1. The van der Waals surface area contributed by atoms with E-state index in [1.165, 1.54) is 31.4 Å². The lowest BCUT2D eigenvalue weighted by molar-refractivity contribution is -0.143. The van der Waals surface area contributed by atoms with Gasteiger partial charge in [-0.1, -0.05) is 12.1 Å². The smallest absolute Gasteiger partial charge is 0.408 e. The first-order valence-electron chi connectivity index (χ1n) is 6.54. The van der Waals surface area contributed by atoms with Crippen LogP contribution in [0, 0.1) is 0 Å². The van der Waals surface area contributed by atoms with Crippen molar-refractivity contribution in [3.05, 3.63) is 35.4 Å².